The van der Waals surface area contributed by atoms with Gasteiger partial charge in [0.15, 0.2) is 0 Å². The van der Waals surface area contributed by atoms with Gasteiger partial charge in [0.2, 0.25) is 5.91 Å². The number of carbonyl (C=O) groups excluding carboxylic acids is 1. The van der Waals surface area contributed by atoms with Crippen LogP contribution in [0.4, 0.5) is 18.9 Å². The second-order valence-corrected chi connectivity index (χ2v) is 9.75. The number of carboxylic acids is 1. The van der Waals surface area contributed by atoms with Crippen molar-refractivity contribution in [1.29, 1.82) is 0 Å². The Hall–Kier alpha value is -2.79. The molecular weight excluding hydrogens is 497 g/mol. The van der Waals surface area contributed by atoms with Crippen molar-refractivity contribution in [2.24, 2.45) is 0 Å². The van der Waals surface area contributed by atoms with Gasteiger partial charge < -0.3 is 10.4 Å². The highest BCUT2D eigenvalue weighted by atomic mass is 35.5. The van der Waals surface area contributed by atoms with Crippen LogP contribution in [0.5, 0.6) is 0 Å². The van der Waals surface area contributed by atoms with Crippen LogP contribution in [0.3, 0.4) is 0 Å². The van der Waals surface area contributed by atoms with Gasteiger partial charge in [-0.15, -0.1) is 0 Å². The van der Waals surface area contributed by atoms with E-state index in [9.17, 15) is 26.4 Å². The Morgan fingerprint density at radius 2 is 1.59 bits per heavy atom. The standard InChI is InChI=1S/C20H23ClN2O3S.C2HF3O2/c1-2-3-14-22-19(24)20(12-13-20)15-4-8-17(9-5-15)23-27(25,26)18-10-6-16(21)7-11-18;3-2(4,5)1(6)7/h4-11,23H,2-3,12-14H2,1H3,(H,22,24);(H,6,7). The smallest absolute Gasteiger partial charge is 0.475 e. The van der Waals surface area contributed by atoms with E-state index in [0.717, 1.165) is 31.2 Å². The van der Waals surface area contributed by atoms with Crippen LogP contribution in [0, 0.1) is 0 Å². The molecule has 0 atom stereocenters. The van der Waals surface area contributed by atoms with Crippen molar-refractivity contribution in [3.05, 3.63) is 59.1 Å². The molecule has 3 rings (SSSR count). The average molecular weight is 521 g/mol. The summed E-state index contributed by atoms with van der Waals surface area (Å²) in [5.74, 6) is -2.70. The molecule has 186 valence electrons. The number of unbranched alkanes of at least 4 members (excludes halogenated alkanes) is 1. The lowest BCUT2D eigenvalue weighted by molar-refractivity contribution is -0.192. The number of hydrogen-bond acceptors (Lipinski definition) is 4. The maximum absolute atomic E-state index is 12.5. The van der Waals surface area contributed by atoms with Crippen LogP contribution in [0.15, 0.2) is 53.4 Å². The lowest BCUT2D eigenvalue weighted by atomic mass is 9.94. The fourth-order valence-electron chi connectivity index (χ4n) is 3.00. The monoisotopic (exact) mass is 520 g/mol. The van der Waals surface area contributed by atoms with Gasteiger partial charge in [-0.3, -0.25) is 9.52 Å². The zero-order chi connectivity index (χ0) is 25.6. The van der Waals surface area contributed by atoms with Crippen LogP contribution < -0.4 is 10.0 Å². The molecule has 0 radical (unpaired) electrons. The van der Waals surface area contributed by atoms with E-state index in [1.807, 2.05) is 12.1 Å². The van der Waals surface area contributed by atoms with Gasteiger partial charge in [-0.1, -0.05) is 37.1 Å². The fraction of sp³-hybridized carbons (Fsp3) is 0.364. The summed E-state index contributed by atoms with van der Waals surface area (Å²) in [5, 5.41) is 10.6. The van der Waals surface area contributed by atoms with E-state index in [-0.39, 0.29) is 10.8 Å². The minimum Gasteiger partial charge on any atom is -0.475 e. The number of amides is 1. The Labute approximate surface area is 200 Å². The molecule has 0 aromatic heterocycles. The second-order valence-electron chi connectivity index (χ2n) is 7.63. The number of hydrogen-bond donors (Lipinski definition) is 3. The normalized spacial score (nSPS) is 14.4. The maximum atomic E-state index is 12.5. The molecule has 1 aliphatic rings. The first-order valence-corrected chi connectivity index (χ1v) is 12.2. The summed E-state index contributed by atoms with van der Waals surface area (Å²) in [7, 11) is -3.68. The summed E-state index contributed by atoms with van der Waals surface area (Å²) in [6, 6.07) is 13.0. The van der Waals surface area contributed by atoms with E-state index in [4.69, 9.17) is 21.5 Å². The number of anilines is 1. The van der Waals surface area contributed by atoms with Crippen molar-refractivity contribution >= 4 is 39.2 Å². The Morgan fingerprint density at radius 3 is 2.03 bits per heavy atom. The minimum absolute atomic E-state index is 0.0606. The molecule has 0 unspecified atom stereocenters. The highest BCUT2D eigenvalue weighted by Gasteiger charge is 2.51. The van der Waals surface area contributed by atoms with E-state index in [0.29, 0.717) is 17.3 Å². The third-order valence-electron chi connectivity index (χ3n) is 5.06. The zero-order valence-electron chi connectivity index (χ0n) is 18.2. The molecule has 0 saturated heterocycles. The summed E-state index contributed by atoms with van der Waals surface area (Å²) in [6.07, 6.45) is -1.44. The topological polar surface area (TPSA) is 113 Å². The van der Waals surface area contributed by atoms with Crippen LogP contribution in [0.25, 0.3) is 0 Å². The number of benzene rings is 2. The van der Waals surface area contributed by atoms with E-state index in [2.05, 4.69) is 17.0 Å². The first-order chi connectivity index (χ1) is 15.8. The van der Waals surface area contributed by atoms with E-state index >= 15 is 0 Å². The van der Waals surface area contributed by atoms with Crippen LogP contribution in [0.2, 0.25) is 5.02 Å². The summed E-state index contributed by atoms with van der Waals surface area (Å²) in [4.78, 5) is 21.5. The number of nitrogens with one attached hydrogen (secondary N) is 2. The average Bonchev–Trinajstić information content (AvgIpc) is 3.56. The van der Waals surface area contributed by atoms with Gasteiger partial charge in [0.1, 0.15) is 0 Å². The molecule has 1 fully saturated rings. The second kappa shape index (κ2) is 11.1. The molecule has 12 heteroatoms. The number of aliphatic carboxylic acids is 1. The van der Waals surface area contributed by atoms with Gasteiger partial charge in [-0.25, -0.2) is 13.2 Å². The lowest BCUT2D eigenvalue weighted by Gasteiger charge is -2.16. The highest BCUT2D eigenvalue weighted by Crippen LogP contribution is 2.48. The van der Waals surface area contributed by atoms with Crippen LogP contribution in [-0.2, 0) is 25.0 Å². The van der Waals surface area contributed by atoms with Gasteiger partial charge in [0.05, 0.1) is 10.3 Å². The Morgan fingerprint density at radius 1 is 1.06 bits per heavy atom. The molecule has 1 aliphatic carbocycles. The van der Waals surface area contributed by atoms with Crippen LogP contribution >= 0.6 is 11.6 Å². The van der Waals surface area contributed by atoms with Crippen LogP contribution in [-0.4, -0.2) is 38.1 Å². The maximum Gasteiger partial charge on any atom is 0.490 e. The SMILES string of the molecule is CCCCNC(=O)C1(c2ccc(NS(=O)(=O)c3ccc(Cl)cc3)cc2)CC1.O=C(O)C(F)(F)F. The molecule has 2 aromatic rings. The van der Waals surface area contributed by atoms with Crippen molar-refractivity contribution in [3.8, 4) is 0 Å². The van der Waals surface area contributed by atoms with Crippen molar-refractivity contribution in [2.75, 3.05) is 11.3 Å². The molecule has 0 aliphatic heterocycles. The summed E-state index contributed by atoms with van der Waals surface area (Å²) >= 11 is 5.81. The molecule has 1 saturated carbocycles. The molecule has 34 heavy (non-hydrogen) atoms. The summed E-state index contributed by atoms with van der Waals surface area (Å²) in [5.41, 5.74) is 0.920. The van der Waals surface area contributed by atoms with Gasteiger partial charge in [-0.05, 0) is 61.2 Å². The third kappa shape index (κ3) is 7.36. The van der Waals surface area contributed by atoms with Gasteiger partial charge in [0.25, 0.3) is 10.0 Å². The molecule has 7 nitrogen and oxygen atoms in total. The van der Waals surface area contributed by atoms with Crippen molar-refractivity contribution < 1.29 is 36.3 Å². The molecule has 1 amide bonds. The molecular formula is C22H24ClF3N2O5S. The van der Waals surface area contributed by atoms with Gasteiger partial charge >= 0.3 is 12.1 Å². The van der Waals surface area contributed by atoms with Crippen LogP contribution in [0.1, 0.15) is 38.2 Å². The fourth-order valence-corrected chi connectivity index (χ4v) is 4.19. The third-order valence-corrected chi connectivity index (χ3v) is 6.71. The number of alkyl halides is 3. The Balaban J connectivity index is 0.000000509. The first kappa shape index (κ1) is 27.5. The number of halogens is 4. The van der Waals surface area contributed by atoms with E-state index < -0.39 is 27.6 Å². The lowest BCUT2D eigenvalue weighted by Crippen LogP contribution is -2.35. The summed E-state index contributed by atoms with van der Waals surface area (Å²) < 4.78 is 59.2. The Kier molecular flexibility index (Phi) is 8.96. The van der Waals surface area contributed by atoms with Gasteiger partial charge in [0, 0.05) is 17.3 Å². The molecule has 0 bridgehead atoms. The van der Waals surface area contributed by atoms with Crippen molar-refractivity contribution in [2.45, 2.75) is 49.1 Å². The quantitative estimate of drug-likeness (QED) is 0.436. The predicted molar refractivity (Wildman–Crippen MR) is 121 cm³/mol. The first-order valence-electron chi connectivity index (χ1n) is 10.3. The van der Waals surface area contributed by atoms with Crippen molar-refractivity contribution in [1.82, 2.24) is 5.32 Å². The predicted octanol–water partition coefficient (Wildman–Crippen LogP) is 4.72. The number of sulfonamides is 1. The number of carboxylic acid groups (broad SMARTS) is 1. The largest absolute Gasteiger partial charge is 0.490 e. The molecule has 2 aromatic carbocycles. The molecule has 0 spiro atoms. The van der Waals surface area contributed by atoms with Gasteiger partial charge in [-0.2, -0.15) is 13.2 Å². The summed E-state index contributed by atoms with van der Waals surface area (Å²) in [6.45, 7) is 2.78. The molecule has 0 heterocycles. The highest BCUT2D eigenvalue weighted by molar-refractivity contribution is 7.92. The number of rotatable bonds is 8. The molecule has 3 N–H and O–H groups in total. The zero-order valence-corrected chi connectivity index (χ0v) is 19.7. The van der Waals surface area contributed by atoms with Crippen molar-refractivity contribution in [3.63, 3.8) is 0 Å². The number of carbonyl (C=O) groups is 2. The Bertz CT molecular complexity index is 1100. The minimum atomic E-state index is -5.08. The van der Waals surface area contributed by atoms with E-state index in [1.165, 1.54) is 24.3 Å². The van der Waals surface area contributed by atoms with E-state index in [1.54, 1.807) is 12.1 Å².